The van der Waals surface area contributed by atoms with Gasteiger partial charge in [-0.1, -0.05) is 12.2 Å². The third-order valence-corrected chi connectivity index (χ3v) is 1.33. The summed E-state index contributed by atoms with van der Waals surface area (Å²) in [5, 5.41) is 4.81. The Morgan fingerprint density at radius 1 is 0.938 bits per heavy atom. The third kappa shape index (κ3) is 8.61. The molecule has 0 rings (SSSR count). The van der Waals surface area contributed by atoms with E-state index in [1.165, 1.54) is 12.2 Å². The minimum absolute atomic E-state index is 0.00445. The molecule has 90 valence electrons. The standard InChI is InChI=1S/C10H16N2O4/c1-3-5-11-9(13)15-7-8-16-10(14)12-6-4-2/h3-4H,1-2,5-8H2,(H,11,13)(H,12,14). The highest BCUT2D eigenvalue weighted by atomic mass is 16.6. The maximum atomic E-state index is 10.9. The monoisotopic (exact) mass is 228 g/mol. The van der Waals surface area contributed by atoms with Crippen LogP contribution in [0.4, 0.5) is 9.59 Å². The molecule has 0 saturated carbocycles. The zero-order chi connectivity index (χ0) is 12.2. The van der Waals surface area contributed by atoms with Crippen molar-refractivity contribution in [1.82, 2.24) is 10.6 Å². The van der Waals surface area contributed by atoms with Crippen molar-refractivity contribution >= 4 is 12.2 Å². The summed E-state index contributed by atoms with van der Waals surface area (Å²) in [6.45, 7) is 7.52. The summed E-state index contributed by atoms with van der Waals surface area (Å²) in [5.74, 6) is 0. The summed E-state index contributed by atoms with van der Waals surface area (Å²) in [7, 11) is 0. The van der Waals surface area contributed by atoms with Crippen molar-refractivity contribution in [3.63, 3.8) is 0 Å². The lowest BCUT2D eigenvalue weighted by Crippen LogP contribution is -2.28. The second-order valence-corrected chi connectivity index (χ2v) is 2.61. The lowest BCUT2D eigenvalue weighted by molar-refractivity contribution is 0.0967. The van der Waals surface area contributed by atoms with Crippen molar-refractivity contribution in [2.45, 2.75) is 0 Å². The van der Waals surface area contributed by atoms with Gasteiger partial charge < -0.3 is 20.1 Å². The minimum Gasteiger partial charge on any atom is -0.446 e. The first-order chi connectivity index (χ1) is 7.70. The molecule has 0 saturated heterocycles. The Bertz CT molecular complexity index is 227. The zero-order valence-electron chi connectivity index (χ0n) is 9.03. The van der Waals surface area contributed by atoms with Gasteiger partial charge in [-0.2, -0.15) is 0 Å². The van der Waals surface area contributed by atoms with Crippen LogP contribution in [0.15, 0.2) is 25.3 Å². The average molecular weight is 228 g/mol. The Morgan fingerprint density at radius 3 is 1.62 bits per heavy atom. The van der Waals surface area contributed by atoms with Gasteiger partial charge in [0, 0.05) is 13.1 Å². The van der Waals surface area contributed by atoms with E-state index < -0.39 is 12.2 Å². The lowest BCUT2D eigenvalue weighted by atomic mass is 10.6. The van der Waals surface area contributed by atoms with Crippen LogP contribution in [0.3, 0.4) is 0 Å². The lowest BCUT2D eigenvalue weighted by Gasteiger charge is -2.06. The van der Waals surface area contributed by atoms with E-state index in [-0.39, 0.29) is 13.2 Å². The van der Waals surface area contributed by atoms with Crippen LogP contribution in [-0.2, 0) is 9.47 Å². The molecule has 16 heavy (non-hydrogen) atoms. The maximum absolute atomic E-state index is 10.9. The van der Waals surface area contributed by atoms with Gasteiger partial charge in [-0.15, -0.1) is 13.2 Å². The van der Waals surface area contributed by atoms with Crippen molar-refractivity contribution < 1.29 is 19.1 Å². The maximum Gasteiger partial charge on any atom is 0.407 e. The zero-order valence-corrected chi connectivity index (χ0v) is 9.03. The molecule has 0 aliphatic rings. The molecule has 6 heteroatoms. The molecule has 0 spiro atoms. The van der Waals surface area contributed by atoms with Crippen molar-refractivity contribution in [3.05, 3.63) is 25.3 Å². The second-order valence-electron chi connectivity index (χ2n) is 2.61. The fraction of sp³-hybridized carbons (Fsp3) is 0.400. The van der Waals surface area contributed by atoms with E-state index in [1.54, 1.807) is 0 Å². The highest BCUT2D eigenvalue weighted by Gasteiger charge is 2.02. The fourth-order valence-corrected chi connectivity index (χ4v) is 0.682. The summed E-state index contributed by atoms with van der Waals surface area (Å²) >= 11 is 0. The van der Waals surface area contributed by atoms with Gasteiger partial charge in [-0.3, -0.25) is 0 Å². The number of ether oxygens (including phenoxy) is 2. The summed E-state index contributed by atoms with van der Waals surface area (Å²) < 4.78 is 9.35. The first-order valence-electron chi connectivity index (χ1n) is 4.73. The topological polar surface area (TPSA) is 76.7 Å². The summed E-state index contributed by atoms with van der Waals surface area (Å²) in [6.07, 6.45) is 1.91. The van der Waals surface area contributed by atoms with Crippen LogP contribution in [0, 0.1) is 0 Å². The van der Waals surface area contributed by atoms with Crippen LogP contribution in [0.1, 0.15) is 0 Å². The van der Waals surface area contributed by atoms with E-state index in [0.29, 0.717) is 13.1 Å². The van der Waals surface area contributed by atoms with Crippen LogP contribution in [0.25, 0.3) is 0 Å². The molecule has 0 aromatic carbocycles. The van der Waals surface area contributed by atoms with Crippen LogP contribution >= 0.6 is 0 Å². The van der Waals surface area contributed by atoms with Crippen molar-refractivity contribution in [2.75, 3.05) is 26.3 Å². The number of hydrogen-bond acceptors (Lipinski definition) is 4. The van der Waals surface area contributed by atoms with Gasteiger partial charge in [0.05, 0.1) is 0 Å². The van der Waals surface area contributed by atoms with Crippen LogP contribution in [0.5, 0.6) is 0 Å². The number of carbonyl (C=O) groups is 2. The second kappa shape index (κ2) is 9.57. The highest BCUT2D eigenvalue weighted by molar-refractivity contribution is 5.68. The molecule has 0 aliphatic heterocycles. The molecule has 0 radical (unpaired) electrons. The first-order valence-corrected chi connectivity index (χ1v) is 4.73. The summed E-state index contributed by atoms with van der Waals surface area (Å²) in [6, 6.07) is 0. The summed E-state index contributed by atoms with van der Waals surface area (Å²) in [5.41, 5.74) is 0. The Kier molecular flexibility index (Phi) is 8.39. The van der Waals surface area contributed by atoms with Gasteiger partial charge in [0.1, 0.15) is 13.2 Å². The molecule has 0 aromatic rings. The molecule has 0 aromatic heterocycles. The average Bonchev–Trinajstić information content (AvgIpc) is 2.29. The SMILES string of the molecule is C=CCNC(=O)OCCOC(=O)NCC=C. The molecule has 0 bridgehead atoms. The van der Waals surface area contributed by atoms with Crippen molar-refractivity contribution in [1.29, 1.82) is 0 Å². The predicted octanol–water partition coefficient (Wildman–Crippen LogP) is 0.811. The highest BCUT2D eigenvalue weighted by Crippen LogP contribution is 1.82. The number of nitrogens with one attached hydrogen (secondary N) is 2. The molecule has 0 fully saturated rings. The van der Waals surface area contributed by atoms with E-state index in [1.807, 2.05) is 0 Å². The fourth-order valence-electron chi connectivity index (χ4n) is 0.682. The molecular weight excluding hydrogens is 212 g/mol. The Balaban J connectivity index is 3.37. The van der Waals surface area contributed by atoms with E-state index in [9.17, 15) is 9.59 Å². The smallest absolute Gasteiger partial charge is 0.407 e. The van der Waals surface area contributed by atoms with Gasteiger partial charge in [0.2, 0.25) is 0 Å². The van der Waals surface area contributed by atoms with E-state index in [4.69, 9.17) is 0 Å². The molecule has 0 unspecified atom stereocenters. The Labute approximate surface area is 94.3 Å². The number of alkyl carbamates (subject to hydrolysis) is 2. The molecule has 2 N–H and O–H groups in total. The van der Waals surface area contributed by atoms with Crippen molar-refractivity contribution in [3.8, 4) is 0 Å². The quantitative estimate of drug-likeness (QED) is 0.499. The van der Waals surface area contributed by atoms with E-state index in [0.717, 1.165) is 0 Å². The Hall–Kier alpha value is -1.98. The van der Waals surface area contributed by atoms with Crippen LogP contribution in [-0.4, -0.2) is 38.5 Å². The largest absolute Gasteiger partial charge is 0.446 e. The molecule has 0 heterocycles. The number of amides is 2. The number of hydrogen-bond donors (Lipinski definition) is 2. The van der Waals surface area contributed by atoms with Gasteiger partial charge in [0.15, 0.2) is 0 Å². The Morgan fingerprint density at radius 2 is 1.31 bits per heavy atom. The minimum atomic E-state index is -0.574. The van der Waals surface area contributed by atoms with Gasteiger partial charge in [-0.25, -0.2) is 9.59 Å². The van der Waals surface area contributed by atoms with Gasteiger partial charge in [0.25, 0.3) is 0 Å². The normalized spacial score (nSPS) is 8.75. The molecule has 6 nitrogen and oxygen atoms in total. The van der Waals surface area contributed by atoms with E-state index >= 15 is 0 Å². The first kappa shape index (κ1) is 14.0. The van der Waals surface area contributed by atoms with Crippen molar-refractivity contribution in [2.24, 2.45) is 0 Å². The number of rotatable bonds is 7. The molecule has 0 aliphatic carbocycles. The van der Waals surface area contributed by atoms with Crippen LogP contribution in [0.2, 0.25) is 0 Å². The van der Waals surface area contributed by atoms with E-state index in [2.05, 4.69) is 33.3 Å². The third-order valence-electron chi connectivity index (χ3n) is 1.33. The van der Waals surface area contributed by atoms with Gasteiger partial charge >= 0.3 is 12.2 Å². The molecular formula is C10H16N2O4. The predicted molar refractivity (Wildman–Crippen MR) is 59.1 cm³/mol. The summed E-state index contributed by atoms with van der Waals surface area (Å²) in [4.78, 5) is 21.7. The van der Waals surface area contributed by atoms with Crippen LogP contribution < -0.4 is 10.6 Å². The molecule has 0 atom stereocenters. The number of carbonyl (C=O) groups excluding carboxylic acids is 2. The van der Waals surface area contributed by atoms with Gasteiger partial charge in [-0.05, 0) is 0 Å². The molecule has 2 amide bonds.